The maximum absolute atomic E-state index is 12.9. The van der Waals surface area contributed by atoms with Crippen molar-refractivity contribution in [3.05, 3.63) is 30.5 Å². The van der Waals surface area contributed by atoms with E-state index in [-0.39, 0.29) is 18.1 Å². The first-order valence-corrected chi connectivity index (χ1v) is 8.01. The minimum absolute atomic E-state index is 0.0888. The highest BCUT2D eigenvalue weighted by Gasteiger charge is 2.32. The van der Waals surface area contributed by atoms with E-state index in [0.717, 1.165) is 32.2 Å². The van der Waals surface area contributed by atoms with Crippen LogP contribution in [0.3, 0.4) is 0 Å². The van der Waals surface area contributed by atoms with Crippen LogP contribution in [-0.4, -0.2) is 50.3 Å². The summed E-state index contributed by atoms with van der Waals surface area (Å²) in [5, 5.41) is 4.19. The molecule has 0 spiro atoms. The van der Waals surface area contributed by atoms with E-state index >= 15 is 0 Å². The van der Waals surface area contributed by atoms with Crippen LogP contribution >= 0.6 is 0 Å². The molecule has 0 radical (unpaired) electrons. The number of hydrogen-bond acceptors (Lipinski definition) is 6. The Bertz CT molecular complexity index is 662. The molecule has 2 aliphatic heterocycles. The second kappa shape index (κ2) is 6.11. The van der Waals surface area contributed by atoms with Crippen molar-refractivity contribution in [3.63, 3.8) is 0 Å². The topological polar surface area (TPSA) is 86.3 Å². The molecule has 0 saturated carbocycles. The fourth-order valence-corrected chi connectivity index (χ4v) is 3.34. The summed E-state index contributed by atoms with van der Waals surface area (Å²) in [6.07, 6.45) is 8.19. The van der Waals surface area contributed by atoms with E-state index in [4.69, 9.17) is 9.15 Å². The molecule has 2 atom stereocenters. The van der Waals surface area contributed by atoms with Gasteiger partial charge in [-0.25, -0.2) is 14.6 Å². The lowest BCUT2D eigenvalue weighted by atomic mass is 10.0. The van der Waals surface area contributed by atoms with Crippen LogP contribution < -0.4 is 0 Å². The molecule has 4 rings (SSSR count). The van der Waals surface area contributed by atoms with Gasteiger partial charge in [0.05, 0.1) is 6.04 Å². The zero-order chi connectivity index (χ0) is 15.6. The number of amides is 1. The summed E-state index contributed by atoms with van der Waals surface area (Å²) in [7, 11) is 0. The number of nitrogens with zero attached hydrogens (tertiary/aromatic N) is 5. The molecule has 8 nitrogen and oxygen atoms in total. The maximum Gasteiger partial charge on any atom is 0.276 e. The summed E-state index contributed by atoms with van der Waals surface area (Å²) in [4.78, 5) is 22.8. The SMILES string of the molecule is O=C(c1ncoc1[C@@H]1CCCO1)N1CCC[C@H](n2cncn2)C1. The second-order valence-corrected chi connectivity index (χ2v) is 5.99. The van der Waals surface area contributed by atoms with Gasteiger partial charge in [-0.15, -0.1) is 0 Å². The molecule has 2 aromatic heterocycles. The van der Waals surface area contributed by atoms with E-state index in [1.54, 1.807) is 6.33 Å². The Morgan fingerprint density at radius 3 is 3.04 bits per heavy atom. The predicted molar refractivity (Wildman–Crippen MR) is 78.6 cm³/mol. The van der Waals surface area contributed by atoms with Gasteiger partial charge < -0.3 is 14.1 Å². The van der Waals surface area contributed by atoms with Crippen LogP contribution in [0.1, 0.15) is 54.1 Å². The molecule has 0 N–H and O–H groups in total. The monoisotopic (exact) mass is 317 g/mol. The largest absolute Gasteiger partial charge is 0.445 e. The number of ether oxygens (including phenoxy) is 1. The third kappa shape index (κ3) is 2.74. The standard InChI is InChI=1S/C15H19N5O3/c21-15(13-14(23-10-17-13)12-4-2-6-22-12)19-5-1-3-11(7-19)20-9-16-8-18-20/h8-12H,1-7H2/t11-,12-/m0/s1. The van der Waals surface area contributed by atoms with Gasteiger partial charge in [-0.2, -0.15) is 5.10 Å². The number of piperidine rings is 1. The second-order valence-electron chi connectivity index (χ2n) is 5.99. The number of rotatable bonds is 3. The van der Waals surface area contributed by atoms with Gasteiger partial charge in [0.1, 0.15) is 18.8 Å². The van der Waals surface area contributed by atoms with Crippen LogP contribution in [0.5, 0.6) is 0 Å². The lowest BCUT2D eigenvalue weighted by Crippen LogP contribution is -2.41. The van der Waals surface area contributed by atoms with Crippen molar-refractivity contribution in [2.45, 2.75) is 37.8 Å². The van der Waals surface area contributed by atoms with E-state index in [9.17, 15) is 4.79 Å². The average Bonchev–Trinajstić information content (AvgIpc) is 3.35. The Hall–Kier alpha value is -2.22. The summed E-state index contributed by atoms with van der Waals surface area (Å²) < 4.78 is 12.9. The molecule has 2 saturated heterocycles. The first-order valence-electron chi connectivity index (χ1n) is 8.01. The van der Waals surface area contributed by atoms with E-state index < -0.39 is 0 Å². The Morgan fingerprint density at radius 1 is 1.30 bits per heavy atom. The fourth-order valence-electron chi connectivity index (χ4n) is 3.34. The minimum Gasteiger partial charge on any atom is -0.445 e. The molecule has 2 aliphatic rings. The van der Waals surface area contributed by atoms with Crippen molar-refractivity contribution >= 4 is 5.91 Å². The number of carbonyl (C=O) groups excluding carboxylic acids is 1. The fraction of sp³-hybridized carbons (Fsp3) is 0.600. The molecule has 2 fully saturated rings. The molecule has 0 bridgehead atoms. The number of carbonyl (C=O) groups is 1. The third-order valence-corrected chi connectivity index (χ3v) is 4.51. The average molecular weight is 317 g/mol. The van der Waals surface area contributed by atoms with Crippen molar-refractivity contribution in [2.75, 3.05) is 19.7 Å². The van der Waals surface area contributed by atoms with Crippen molar-refractivity contribution in [1.82, 2.24) is 24.6 Å². The van der Waals surface area contributed by atoms with Crippen LogP contribution in [0.4, 0.5) is 0 Å². The number of hydrogen-bond donors (Lipinski definition) is 0. The van der Waals surface area contributed by atoms with Gasteiger partial charge in [-0.05, 0) is 25.7 Å². The minimum atomic E-state index is -0.146. The van der Waals surface area contributed by atoms with Crippen molar-refractivity contribution in [1.29, 1.82) is 0 Å². The molecule has 23 heavy (non-hydrogen) atoms. The molecule has 1 amide bonds. The van der Waals surface area contributed by atoms with Gasteiger partial charge in [0.25, 0.3) is 5.91 Å². The Kier molecular flexibility index (Phi) is 3.82. The first-order chi connectivity index (χ1) is 11.3. The van der Waals surface area contributed by atoms with Gasteiger partial charge >= 0.3 is 0 Å². The molecule has 0 aliphatic carbocycles. The molecule has 0 unspecified atom stereocenters. The molecule has 122 valence electrons. The predicted octanol–water partition coefficient (Wildman–Crippen LogP) is 1.59. The molecule has 8 heteroatoms. The summed E-state index contributed by atoms with van der Waals surface area (Å²) in [5.74, 6) is 0.476. The van der Waals surface area contributed by atoms with Crippen LogP contribution in [0.2, 0.25) is 0 Å². The smallest absolute Gasteiger partial charge is 0.276 e. The van der Waals surface area contributed by atoms with Gasteiger partial charge in [-0.1, -0.05) is 0 Å². The maximum atomic E-state index is 12.9. The molecule has 4 heterocycles. The number of oxazole rings is 1. The first kappa shape index (κ1) is 14.4. The van der Waals surface area contributed by atoms with Gasteiger partial charge in [0.15, 0.2) is 17.8 Å². The van der Waals surface area contributed by atoms with E-state index in [2.05, 4.69) is 15.1 Å². The Labute approximate surface area is 133 Å². The molecule has 0 aromatic carbocycles. The molecule has 2 aromatic rings. The van der Waals surface area contributed by atoms with Gasteiger partial charge in [-0.3, -0.25) is 4.79 Å². The quantitative estimate of drug-likeness (QED) is 0.854. The highest BCUT2D eigenvalue weighted by molar-refractivity contribution is 5.93. The zero-order valence-corrected chi connectivity index (χ0v) is 12.8. The van der Waals surface area contributed by atoms with Crippen LogP contribution in [0.15, 0.2) is 23.5 Å². The molecular formula is C15H19N5O3. The summed E-state index contributed by atoms with van der Waals surface area (Å²) >= 11 is 0. The highest BCUT2D eigenvalue weighted by atomic mass is 16.5. The van der Waals surface area contributed by atoms with Crippen molar-refractivity contribution < 1.29 is 13.9 Å². The summed E-state index contributed by atoms with van der Waals surface area (Å²) in [5.41, 5.74) is 0.385. The lowest BCUT2D eigenvalue weighted by molar-refractivity contribution is 0.0640. The van der Waals surface area contributed by atoms with E-state index in [0.29, 0.717) is 24.6 Å². The van der Waals surface area contributed by atoms with Crippen molar-refractivity contribution in [3.8, 4) is 0 Å². The Balaban J connectivity index is 1.51. The van der Waals surface area contributed by atoms with E-state index in [1.807, 2.05) is 9.58 Å². The van der Waals surface area contributed by atoms with Crippen LogP contribution in [-0.2, 0) is 4.74 Å². The Morgan fingerprint density at radius 2 is 2.26 bits per heavy atom. The molecular weight excluding hydrogens is 298 g/mol. The zero-order valence-electron chi connectivity index (χ0n) is 12.8. The van der Waals surface area contributed by atoms with E-state index in [1.165, 1.54) is 12.7 Å². The van der Waals surface area contributed by atoms with Gasteiger partial charge in [0.2, 0.25) is 0 Å². The third-order valence-electron chi connectivity index (χ3n) is 4.51. The van der Waals surface area contributed by atoms with Crippen LogP contribution in [0, 0.1) is 0 Å². The highest BCUT2D eigenvalue weighted by Crippen LogP contribution is 2.31. The van der Waals surface area contributed by atoms with Crippen molar-refractivity contribution in [2.24, 2.45) is 0 Å². The normalized spacial score (nSPS) is 25.0. The summed E-state index contributed by atoms with van der Waals surface area (Å²) in [6.45, 7) is 2.04. The lowest BCUT2D eigenvalue weighted by Gasteiger charge is -2.32. The van der Waals surface area contributed by atoms with Gasteiger partial charge in [0, 0.05) is 19.7 Å². The summed E-state index contributed by atoms with van der Waals surface area (Å²) in [6, 6.07) is 0.160. The van der Waals surface area contributed by atoms with Crippen LogP contribution in [0.25, 0.3) is 0 Å². The number of aromatic nitrogens is 4. The number of likely N-dealkylation sites (tertiary alicyclic amines) is 1.